The van der Waals surface area contributed by atoms with Crippen LogP contribution in [0.4, 0.5) is 5.69 Å². The highest BCUT2D eigenvalue weighted by molar-refractivity contribution is 7.63. The molecule has 0 bridgehead atoms. The van der Waals surface area contributed by atoms with E-state index in [1.807, 2.05) is 54.6 Å². The van der Waals surface area contributed by atoms with Gasteiger partial charge in [0.05, 0.1) is 11.4 Å². The van der Waals surface area contributed by atoms with Crippen LogP contribution < -0.4 is 0 Å². The maximum Gasteiger partial charge on any atom is 0.286 e. The molecule has 5 nitrogen and oxygen atoms in total. The molecule has 0 fully saturated rings. The zero-order chi connectivity index (χ0) is 16.2. The number of carbonyl (C=O) groups excluding carboxylic acids is 1. The van der Waals surface area contributed by atoms with Crippen molar-refractivity contribution in [3.63, 3.8) is 0 Å². The van der Waals surface area contributed by atoms with Crippen LogP contribution in [0.1, 0.15) is 11.1 Å². The fourth-order valence-electron chi connectivity index (χ4n) is 2.38. The van der Waals surface area contributed by atoms with Crippen LogP contribution in [0.2, 0.25) is 0 Å². The number of amides is 1. The van der Waals surface area contributed by atoms with Crippen LogP contribution in [0.15, 0.2) is 75.6 Å². The first-order valence-corrected chi connectivity index (χ1v) is 8.06. The summed E-state index contributed by atoms with van der Waals surface area (Å²) in [6.45, 7) is 0. The van der Waals surface area contributed by atoms with E-state index in [-0.39, 0.29) is 0 Å². The number of benzene rings is 2. The van der Waals surface area contributed by atoms with E-state index in [1.54, 1.807) is 6.08 Å². The minimum absolute atomic E-state index is 0.343. The molecule has 0 radical (unpaired) electrons. The maximum absolute atomic E-state index is 12.1. The summed E-state index contributed by atoms with van der Waals surface area (Å²) in [6.07, 6.45) is 2.00. The minimum Gasteiger partial charge on any atom is -0.266 e. The first kappa shape index (κ1) is 15.1. The van der Waals surface area contributed by atoms with Crippen molar-refractivity contribution < 1.29 is 9.00 Å². The molecule has 0 spiro atoms. The summed E-state index contributed by atoms with van der Waals surface area (Å²) in [7, 11) is -2.27. The average molecular weight is 323 g/mol. The number of fused-ring (bicyclic) bond motifs is 1. The molecule has 3 rings (SSSR count). The van der Waals surface area contributed by atoms with Crippen molar-refractivity contribution in [2.45, 2.75) is 6.42 Å². The lowest BCUT2D eigenvalue weighted by Gasteiger charge is -2.03. The van der Waals surface area contributed by atoms with Gasteiger partial charge < -0.3 is 0 Å². The van der Waals surface area contributed by atoms with Gasteiger partial charge in [-0.1, -0.05) is 48.5 Å². The van der Waals surface area contributed by atoms with Crippen LogP contribution in [0.5, 0.6) is 0 Å². The Bertz CT molecular complexity index is 950. The van der Waals surface area contributed by atoms with E-state index in [0.717, 1.165) is 16.8 Å². The molecule has 23 heavy (non-hydrogen) atoms. The fraction of sp³-hybridized carbons (Fsp3) is 0.0588. The smallest absolute Gasteiger partial charge is 0.266 e. The Kier molecular flexibility index (Phi) is 4.25. The number of allylic oxidation sites excluding steroid dienone is 1. The summed E-state index contributed by atoms with van der Waals surface area (Å²) in [4.78, 5) is 16.8. The lowest BCUT2D eigenvalue weighted by Crippen LogP contribution is -2.05. The first-order valence-electron chi connectivity index (χ1n) is 6.95. The minimum atomic E-state index is -2.27. The molecule has 1 aliphatic heterocycles. The van der Waals surface area contributed by atoms with E-state index in [9.17, 15) is 9.00 Å². The van der Waals surface area contributed by atoms with Crippen molar-refractivity contribution in [2.75, 3.05) is 0 Å². The summed E-state index contributed by atoms with van der Waals surface area (Å²) >= 11 is 0. The van der Waals surface area contributed by atoms with Crippen LogP contribution in [0, 0.1) is 4.78 Å². The molecule has 2 aromatic carbocycles. The summed E-state index contributed by atoms with van der Waals surface area (Å²) in [5, 5.41) is 0. The van der Waals surface area contributed by atoms with E-state index in [2.05, 4.69) is 9.36 Å². The van der Waals surface area contributed by atoms with Gasteiger partial charge in [0.1, 0.15) is 0 Å². The van der Waals surface area contributed by atoms with Crippen molar-refractivity contribution in [3.8, 4) is 0 Å². The maximum atomic E-state index is 12.1. The highest BCUT2D eigenvalue weighted by atomic mass is 32.2. The van der Waals surface area contributed by atoms with E-state index in [1.165, 1.54) is 0 Å². The largest absolute Gasteiger partial charge is 0.286 e. The summed E-state index contributed by atoms with van der Waals surface area (Å²) in [5.41, 5.74) is 3.57. The molecule has 1 heterocycles. The third kappa shape index (κ3) is 3.49. The van der Waals surface area contributed by atoms with Gasteiger partial charge in [-0.2, -0.15) is 4.21 Å². The van der Waals surface area contributed by atoms with Crippen LogP contribution in [-0.2, 0) is 21.6 Å². The highest BCUT2D eigenvalue weighted by Gasteiger charge is 2.17. The zero-order valence-electron chi connectivity index (χ0n) is 12.1. The number of hydrogen-bond donors (Lipinski definition) is 1. The van der Waals surface area contributed by atoms with Gasteiger partial charge in [0.2, 0.25) is 0 Å². The van der Waals surface area contributed by atoms with Gasteiger partial charge in [0.25, 0.3) is 5.91 Å². The predicted molar refractivity (Wildman–Crippen MR) is 89.2 cm³/mol. The molecule has 0 saturated carbocycles. The zero-order valence-corrected chi connectivity index (χ0v) is 12.9. The molecule has 1 aliphatic rings. The van der Waals surface area contributed by atoms with Crippen LogP contribution in [0.25, 0.3) is 0 Å². The lowest BCUT2D eigenvalue weighted by atomic mass is 10.0. The second kappa shape index (κ2) is 6.50. The molecule has 0 aromatic heterocycles. The standard InChI is InChI=1S/C17H13N3O2S/c18-23(22)20-17(21)14-10-13-8-4-5-9-15(13)19-16(11-14)12-6-2-1-3-7-12/h1-9,11,18H,10H2. The Labute approximate surface area is 135 Å². The second-order valence-corrected chi connectivity index (χ2v) is 5.66. The number of carbonyl (C=O) groups is 1. The predicted octanol–water partition coefficient (Wildman–Crippen LogP) is 3.51. The molecule has 114 valence electrons. The van der Waals surface area contributed by atoms with E-state index >= 15 is 0 Å². The van der Waals surface area contributed by atoms with Gasteiger partial charge in [0, 0.05) is 17.6 Å². The fourth-order valence-corrected chi connectivity index (χ4v) is 2.65. The lowest BCUT2D eigenvalue weighted by molar-refractivity contribution is -0.114. The molecule has 1 amide bonds. The number of para-hydroxylation sites is 1. The summed E-state index contributed by atoms with van der Waals surface area (Å²) in [5.74, 6) is -0.640. The number of rotatable bonds is 2. The Morgan fingerprint density at radius 3 is 2.52 bits per heavy atom. The third-order valence-electron chi connectivity index (χ3n) is 3.43. The molecule has 0 saturated heterocycles. The summed E-state index contributed by atoms with van der Waals surface area (Å²) < 4.78 is 21.2. The molecule has 2 aromatic rings. The average Bonchev–Trinajstić information content (AvgIpc) is 2.74. The second-order valence-electron chi connectivity index (χ2n) is 4.98. The summed E-state index contributed by atoms with van der Waals surface area (Å²) in [6, 6.07) is 17.1. The normalized spacial score (nSPS) is 13.2. The van der Waals surface area contributed by atoms with Crippen molar-refractivity contribution in [2.24, 2.45) is 9.36 Å². The van der Waals surface area contributed by atoms with Crippen molar-refractivity contribution in [1.82, 2.24) is 0 Å². The van der Waals surface area contributed by atoms with E-state index < -0.39 is 16.3 Å². The number of aliphatic imine (C=N–C) groups is 1. The van der Waals surface area contributed by atoms with Gasteiger partial charge in [-0.3, -0.25) is 4.79 Å². The molecule has 0 unspecified atom stereocenters. The Morgan fingerprint density at radius 1 is 1.09 bits per heavy atom. The monoisotopic (exact) mass is 323 g/mol. The first-order chi connectivity index (χ1) is 11.1. The number of nitrogens with zero attached hydrogens (tertiary/aromatic N) is 2. The molecule has 1 N–H and O–H groups in total. The number of hydrogen-bond acceptors (Lipinski definition) is 4. The van der Waals surface area contributed by atoms with Crippen LogP contribution >= 0.6 is 0 Å². The van der Waals surface area contributed by atoms with Gasteiger partial charge in [-0.05, 0) is 17.7 Å². The van der Waals surface area contributed by atoms with Gasteiger partial charge >= 0.3 is 0 Å². The SMILES string of the molecule is N=S(=O)=NC(=O)C1=CC(c2ccccc2)=Nc2ccccc2C1. The highest BCUT2D eigenvalue weighted by Crippen LogP contribution is 2.27. The third-order valence-corrected chi connectivity index (χ3v) is 3.77. The van der Waals surface area contributed by atoms with Crippen molar-refractivity contribution >= 4 is 27.7 Å². The van der Waals surface area contributed by atoms with E-state index in [4.69, 9.17) is 4.78 Å². The van der Waals surface area contributed by atoms with Crippen molar-refractivity contribution in [3.05, 3.63) is 77.4 Å². The molecular formula is C17H13N3O2S. The van der Waals surface area contributed by atoms with Crippen LogP contribution in [0.3, 0.4) is 0 Å². The van der Waals surface area contributed by atoms with Gasteiger partial charge in [0.15, 0.2) is 10.4 Å². The van der Waals surface area contributed by atoms with Gasteiger partial charge in [-0.25, -0.2) is 9.77 Å². The molecule has 0 atom stereocenters. The van der Waals surface area contributed by atoms with Gasteiger partial charge in [-0.15, -0.1) is 4.36 Å². The van der Waals surface area contributed by atoms with Crippen molar-refractivity contribution in [1.29, 1.82) is 4.78 Å². The van der Waals surface area contributed by atoms with Crippen LogP contribution in [-0.4, -0.2) is 15.8 Å². The van der Waals surface area contributed by atoms with E-state index in [0.29, 0.717) is 17.7 Å². The topological polar surface area (TPSA) is 82.7 Å². The Morgan fingerprint density at radius 2 is 1.78 bits per heavy atom. The molecule has 0 aliphatic carbocycles. The number of nitrogens with one attached hydrogen (secondary N) is 1. The molecular weight excluding hydrogens is 310 g/mol. The quantitative estimate of drug-likeness (QED) is 0.917. The molecule has 6 heteroatoms. The Balaban J connectivity index is 2.16. The Hall–Kier alpha value is -2.86.